The summed E-state index contributed by atoms with van der Waals surface area (Å²) in [5.41, 5.74) is 2.72. The van der Waals surface area contributed by atoms with Gasteiger partial charge in [0.05, 0.1) is 17.4 Å². The van der Waals surface area contributed by atoms with Crippen LogP contribution in [0.2, 0.25) is 0 Å². The highest BCUT2D eigenvalue weighted by Crippen LogP contribution is 2.30. The lowest BCUT2D eigenvalue weighted by Crippen LogP contribution is -2.40. The minimum atomic E-state index is -0.961. The monoisotopic (exact) mass is 470 g/mol. The largest absolute Gasteiger partial charge is 0.481 e. The number of carboxylic acid groups (broad SMARTS) is 1. The zero-order valence-electron chi connectivity index (χ0n) is 19.2. The van der Waals surface area contributed by atoms with Crippen molar-refractivity contribution in [3.8, 4) is 0 Å². The van der Waals surface area contributed by atoms with E-state index in [-0.39, 0.29) is 24.3 Å². The van der Waals surface area contributed by atoms with Crippen LogP contribution in [0.3, 0.4) is 0 Å². The van der Waals surface area contributed by atoms with Crippen LogP contribution in [0, 0.1) is 0 Å². The van der Waals surface area contributed by atoms with Crippen molar-refractivity contribution in [2.75, 3.05) is 18.0 Å². The van der Waals surface area contributed by atoms with E-state index in [2.05, 4.69) is 26.2 Å². The number of fused-ring (bicyclic) bond motifs is 1. The average Bonchev–Trinajstić information content (AvgIpc) is 3.28. The predicted octanol–water partition coefficient (Wildman–Crippen LogP) is 3.40. The van der Waals surface area contributed by atoms with Crippen LogP contribution in [0.15, 0.2) is 28.5 Å². The van der Waals surface area contributed by atoms with Crippen LogP contribution in [-0.2, 0) is 11.2 Å². The molecule has 33 heavy (non-hydrogen) atoms. The number of carbonyl (C=O) groups is 1. The average molecular weight is 471 g/mol. The van der Waals surface area contributed by atoms with E-state index in [9.17, 15) is 19.8 Å². The Labute approximate surface area is 196 Å². The van der Waals surface area contributed by atoms with Gasteiger partial charge in [-0.05, 0) is 42.9 Å². The molecule has 8 nitrogen and oxygen atoms in total. The lowest BCUT2D eigenvalue weighted by molar-refractivity contribution is -0.136. The van der Waals surface area contributed by atoms with Crippen LogP contribution in [0.4, 0.5) is 5.82 Å². The van der Waals surface area contributed by atoms with Gasteiger partial charge in [-0.3, -0.25) is 14.0 Å². The summed E-state index contributed by atoms with van der Waals surface area (Å²) >= 11 is 1.64. The number of hydrogen-bond acceptors (Lipinski definition) is 7. The number of β-amino-alcohol motifs (C(OH)–C–C–N with tert-alkyl or cyclic N) is 1. The summed E-state index contributed by atoms with van der Waals surface area (Å²) in [6, 6.07) is 3.82. The highest BCUT2D eigenvalue weighted by molar-refractivity contribution is 7.09. The molecule has 1 saturated heterocycles. The van der Waals surface area contributed by atoms with E-state index < -0.39 is 12.1 Å². The molecule has 1 aliphatic rings. The number of aromatic nitrogens is 3. The standard InChI is InChI=1S/C24H30N4O4S/c1-14(2)19-13-33-23(25-19)15(3)16-8-10-28-20(11-16)26-22(27-9-4-5-17(29)12-27)18(24(28)32)6-7-21(30)31/h8,10-11,13-15,17,29H,4-7,9,12H2,1-3H3,(H,30,31). The van der Waals surface area contributed by atoms with Crippen molar-refractivity contribution < 1.29 is 15.0 Å². The van der Waals surface area contributed by atoms with Crippen LogP contribution in [0.5, 0.6) is 0 Å². The van der Waals surface area contributed by atoms with Crippen molar-refractivity contribution in [1.82, 2.24) is 14.4 Å². The lowest BCUT2D eigenvalue weighted by Gasteiger charge is -2.32. The highest BCUT2D eigenvalue weighted by atomic mass is 32.1. The third kappa shape index (κ3) is 4.94. The summed E-state index contributed by atoms with van der Waals surface area (Å²) in [4.78, 5) is 36.0. The van der Waals surface area contributed by atoms with Crippen LogP contribution >= 0.6 is 11.3 Å². The van der Waals surface area contributed by atoms with E-state index in [1.165, 1.54) is 4.40 Å². The third-order valence-electron chi connectivity index (χ3n) is 6.21. The van der Waals surface area contributed by atoms with Crippen molar-refractivity contribution >= 4 is 28.8 Å². The minimum Gasteiger partial charge on any atom is -0.481 e. The van der Waals surface area contributed by atoms with Gasteiger partial charge >= 0.3 is 5.97 Å². The Morgan fingerprint density at radius 3 is 2.76 bits per heavy atom. The molecule has 2 atom stereocenters. The van der Waals surface area contributed by atoms with E-state index in [1.807, 2.05) is 17.0 Å². The number of anilines is 1. The Bertz CT molecular complexity index is 1220. The second-order valence-corrected chi connectivity index (χ2v) is 9.92. The van der Waals surface area contributed by atoms with Crippen molar-refractivity contribution in [2.45, 2.75) is 64.4 Å². The molecule has 3 aromatic heterocycles. The first kappa shape index (κ1) is 23.4. The molecule has 0 radical (unpaired) electrons. The predicted molar refractivity (Wildman–Crippen MR) is 129 cm³/mol. The van der Waals surface area contributed by atoms with Gasteiger partial charge in [-0.15, -0.1) is 11.3 Å². The highest BCUT2D eigenvalue weighted by Gasteiger charge is 2.25. The molecule has 0 aromatic carbocycles. The van der Waals surface area contributed by atoms with Gasteiger partial charge in [-0.1, -0.05) is 20.8 Å². The van der Waals surface area contributed by atoms with Crippen LogP contribution in [0.1, 0.15) is 73.7 Å². The van der Waals surface area contributed by atoms with Crippen LogP contribution < -0.4 is 10.5 Å². The fraction of sp³-hybridized carbons (Fsp3) is 0.500. The number of hydrogen-bond donors (Lipinski definition) is 2. The molecule has 4 rings (SSSR count). The summed E-state index contributed by atoms with van der Waals surface area (Å²) in [5.74, 6) is -0.0549. The second kappa shape index (κ2) is 9.61. The maximum absolute atomic E-state index is 13.3. The van der Waals surface area contributed by atoms with E-state index >= 15 is 0 Å². The molecule has 0 saturated carbocycles. The fourth-order valence-electron chi connectivity index (χ4n) is 4.21. The molecule has 2 N–H and O–H groups in total. The summed E-state index contributed by atoms with van der Waals surface area (Å²) in [6.07, 6.45) is 2.68. The van der Waals surface area contributed by atoms with Crippen molar-refractivity contribution in [3.05, 3.63) is 55.9 Å². The van der Waals surface area contributed by atoms with Gasteiger partial charge in [0.25, 0.3) is 5.56 Å². The Hall–Kier alpha value is -2.78. The molecular weight excluding hydrogens is 440 g/mol. The van der Waals surface area contributed by atoms with Gasteiger partial charge in [0.2, 0.25) is 0 Å². The van der Waals surface area contributed by atoms with E-state index in [0.717, 1.165) is 22.7 Å². The lowest BCUT2D eigenvalue weighted by atomic mass is 10.0. The van der Waals surface area contributed by atoms with Crippen LogP contribution in [-0.4, -0.2) is 49.7 Å². The molecule has 176 valence electrons. The van der Waals surface area contributed by atoms with Crippen molar-refractivity contribution in [3.63, 3.8) is 0 Å². The third-order valence-corrected chi connectivity index (χ3v) is 7.26. The number of aliphatic hydroxyl groups excluding tert-OH is 1. The number of carboxylic acids is 1. The normalized spacial score (nSPS) is 17.6. The van der Waals surface area contributed by atoms with E-state index in [4.69, 9.17) is 9.97 Å². The summed E-state index contributed by atoms with van der Waals surface area (Å²) in [7, 11) is 0. The van der Waals surface area contributed by atoms with Gasteiger partial charge < -0.3 is 15.1 Å². The zero-order chi connectivity index (χ0) is 23.7. The molecule has 0 aliphatic carbocycles. The first-order valence-corrected chi connectivity index (χ1v) is 12.3. The Morgan fingerprint density at radius 2 is 2.09 bits per heavy atom. The summed E-state index contributed by atoms with van der Waals surface area (Å²) in [6.45, 7) is 7.40. The molecule has 1 fully saturated rings. The molecule has 2 unspecified atom stereocenters. The molecule has 3 aromatic rings. The second-order valence-electron chi connectivity index (χ2n) is 9.03. The van der Waals surface area contributed by atoms with E-state index in [1.54, 1.807) is 17.5 Å². The van der Waals surface area contributed by atoms with Gasteiger partial charge in [-0.25, -0.2) is 9.97 Å². The van der Waals surface area contributed by atoms with Crippen LogP contribution in [0.25, 0.3) is 5.65 Å². The molecule has 4 heterocycles. The maximum atomic E-state index is 13.3. The van der Waals surface area contributed by atoms with E-state index in [0.29, 0.717) is 42.5 Å². The number of pyridine rings is 1. The zero-order valence-corrected chi connectivity index (χ0v) is 20.0. The Morgan fingerprint density at radius 1 is 1.30 bits per heavy atom. The summed E-state index contributed by atoms with van der Waals surface area (Å²) in [5, 5.41) is 22.4. The first-order valence-electron chi connectivity index (χ1n) is 11.4. The van der Waals surface area contributed by atoms with Crippen molar-refractivity contribution in [1.29, 1.82) is 0 Å². The van der Waals surface area contributed by atoms with Gasteiger partial charge in [0.1, 0.15) is 16.5 Å². The number of thiazole rings is 1. The number of rotatable bonds is 7. The molecule has 0 amide bonds. The molecule has 9 heteroatoms. The Kier molecular flexibility index (Phi) is 6.81. The first-order chi connectivity index (χ1) is 15.7. The fourth-order valence-corrected chi connectivity index (χ4v) is 5.28. The molecule has 1 aliphatic heterocycles. The maximum Gasteiger partial charge on any atom is 0.303 e. The van der Waals surface area contributed by atoms with Gasteiger partial charge in [0, 0.05) is 37.0 Å². The number of aliphatic carboxylic acids is 1. The Balaban J connectivity index is 1.77. The number of aliphatic hydroxyl groups is 1. The number of piperidine rings is 1. The molecule has 0 spiro atoms. The van der Waals surface area contributed by atoms with Crippen molar-refractivity contribution in [2.24, 2.45) is 0 Å². The topological polar surface area (TPSA) is 108 Å². The SMILES string of the molecule is CC(C)c1csc(C(C)c2ccn3c(=O)c(CCC(=O)O)c(N4CCCC(O)C4)nc3c2)n1. The minimum absolute atomic E-state index is 0.0522. The van der Waals surface area contributed by atoms with Gasteiger partial charge in [0.15, 0.2) is 0 Å². The van der Waals surface area contributed by atoms with Gasteiger partial charge in [-0.2, -0.15) is 0 Å². The molecule has 0 bridgehead atoms. The smallest absolute Gasteiger partial charge is 0.303 e. The number of nitrogens with zero attached hydrogens (tertiary/aromatic N) is 4. The summed E-state index contributed by atoms with van der Waals surface area (Å²) < 4.78 is 1.48. The molecular formula is C24H30N4O4S. The quantitative estimate of drug-likeness (QED) is 0.545.